The van der Waals surface area contributed by atoms with Gasteiger partial charge in [-0.25, -0.2) is 0 Å². The Bertz CT molecular complexity index is 1040. The summed E-state index contributed by atoms with van der Waals surface area (Å²) in [4.78, 5) is 41.3. The van der Waals surface area contributed by atoms with E-state index >= 15 is 0 Å². The summed E-state index contributed by atoms with van der Waals surface area (Å²) in [5.74, 6) is -0.664. The van der Waals surface area contributed by atoms with Gasteiger partial charge in [0.2, 0.25) is 5.91 Å². The van der Waals surface area contributed by atoms with E-state index in [4.69, 9.17) is 4.42 Å². The zero-order chi connectivity index (χ0) is 23.0. The maximum Gasteiger partial charge on any atom is 0.261 e. The number of thiophene rings is 1. The number of carbonyl (C=O) groups is 3. The topological polar surface area (TPSA) is 91.7 Å². The summed E-state index contributed by atoms with van der Waals surface area (Å²) >= 11 is 1.30. The third-order valence-electron chi connectivity index (χ3n) is 5.72. The van der Waals surface area contributed by atoms with Crippen LogP contribution < -0.4 is 15.5 Å². The molecule has 0 spiro atoms. The molecule has 33 heavy (non-hydrogen) atoms. The first-order valence-electron chi connectivity index (χ1n) is 11.2. The number of furan rings is 1. The van der Waals surface area contributed by atoms with Crippen molar-refractivity contribution >= 4 is 34.7 Å². The summed E-state index contributed by atoms with van der Waals surface area (Å²) in [6, 6.07) is 14.9. The minimum absolute atomic E-state index is 0.0787. The molecule has 0 bridgehead atoms. The number of para-hydroxylation sites is 1. The van der Waals surface area contributed by atoms with Crippen LogP contribution in [0.1, 0.15) is 53.6 Å². The third-order valence-corrected chi connectivity index (χ3v) is 6.59. The van der Waals surface area contributed by atoms with E-state index in [2.05, 4.69) is 10.6 Å². The minimum atomic E-state index is -0.990. The standard InChI is InChI=1S/C25H27N3O4S/c29-22(17-26-24(30)21-14-8-16-33-21)28(19-11-5-2-6-12-19)23(20-13-7-15-32-20)25(31)27-18-9-3-1-4-10-18/h2,5-8,11-16,18,23H,1,3-4,9-10,17H2,(H,26,30)(H,27,31)/t23-/m0/s1. The van der Waals surface area contributed by atoms with Crippen LogP contribution in [0.5, 0.6) is 0 Å². The van der Waals surface area contributed by atoms with Crippen LogP contribution in [0, 0.1) is 0 Å². The Morgan fingerprint density at radius 1 is 1.00 bits per heavy atom. The van der Waals surface area contributed by atoms with Crippen molar-refractivity contribution in [3.8, 4) is 0 Å². The molecule has 1 saturated carbocycles. The van der Waals surface area contributed by atoms with Crippen LogP contribution >= 0.6 is 11.3 Å². The van der Waals surface area contributed by atoms with E-state index in [1.165, 1.54) is 28.9 Å². The van der Waals surface area contributed by atoms with Crippen molar-refractivity contribution in [3.05, 3.63) is 76.9 Å². The Kier molecular flexibility index (Phi) is 7.57. The lowest BCUT2D eigenvalue weighted by atomic mass is 9.95. The van der Waals surface area contributed by atoms with Crippen LogP contribution in [0.25, 0.3) is 0 Å². The number of hydrogen-bond donors (Lipinski definition) is 2. The van der Waals surface area contributed by atoms with Crippen molar-refractivity contribution in [1.82, 2.24) is 10.6 Å². The number of nitrogens with zero attached hydrogens (tertiary/aromatic N) is 1. The van der Waals surface area contributed by atoms with Gasteiger partial charge in [-0.1, -0.05) is 43.5 Å². The molecule has 2 N–H and O–H groups in total. The van der Waals surface area contributed by atoms with Gasteiger partial charge in [-0.05, 0) is 48.6 Å². The molecule has 1 fully saturated rings. The quantitative estimate of drug-likeness (QED) is 0.519. The average Bonchev–Trinajstić information content (AvgIpc) is 3.56. The minimum Gasteiger partial charge on any atom is -0.467 e. The first-order chi connectivity index (χ1) is 16.1. The van der Waals surface area contributed by atoms with E-state index < -0.39 is 11.9 Å². The largest absolute Gasteiger partial charge is 0.467 e. The number of amides is 3. The van der Waals surface area contributed by atoms with Gasteiger partial charge in [-0.15, -0.1) is 11.3 Å². The van der Waals surface area contributed by atoms with Crippen LogP contribution in [-0.4, -0.2) is 30.3 Å². The lowest BCUT2D eigenvalue weighted by Gasteiger charge is -2.32. The summed E-state index contributed by atoms with van der Waals surface area (Å²) in [5.41, 5.74) is 0.549. The molecule has 8 heteroatoms. The van der Waals surface area contributed by atoms with Gasteiger partial charge in [-0.3, -0.25) is 19.3 Å². The van der Waals surface area contributed by atoms with Crippen molar-refractivity contribution in [2.75, 3.05) is 11.4 Å². The maximum atomic E-state index is 13.5. The maximum absolute atomic E-state index is 13.5. The molecular formula is C25H27N3O4S. The Balaban J connectivity index is 1.60. The molecule has 3 amide bonds. The third kappa shape index (κ3) is 5.70. The molecule has 1 atom stereocenters. The predicted molar refractivity (Wildman–Crippen MR) is 127 cm³/mol. The molecular weight excluding hydrogens is 438 g/mol. The second kappa shape index (κ2) is 11.0. The van der Waals surface area contributed by atoms with Gasteiger partial charge in [-0.2, -0.15) is 0 Å². The van der Waals surface area contributed by atoms with Crippen LogP contribution in [0.3, 0.4) is 0 Å². The molecule has 2 heterocycles. The van der Waals surface area contributed by atoms with Gasteiger partial charge in [0.05, 0.1) is 17.7 Å². The summed E-state index contributed by atoms with van der Waals surface area (Å²) in [5, 5.41) is 7.60. The van der Waals surface area contributed by atoms with Gasteiger partial charge < -0.3 is 15.1 Å². The lowest BCUT2D eigenvalue weighted by molar-refractivity contribution is -0.127. The molecule has 0 aliphatic heterocycles. The molecule has 3 aromatic rings. The fourth-order valence-electron chi connectivity index (χ4n) is 4.11. The van der Waals surface area contributed by atoms with Gasteiger partial charge in [0.25, 0.3) is 11.8 Å². The van der Waals surface area contributed by atoms with Crippen molar-refractivity contribution in [2.24, 2.45) is 0 Å². The Morgan fingerprint density at radius 2 is 1.79 bits per heavy atom. The highest BCUT2D eigenvalue weighted by molar-refractivity contribution is 7.12. The monoisotopic (exact) mass is 465 g/mol. The van der Waals surface area contributed by atoms with Crippen LogP contribution in [0.15, 0.2) is 70.7 Å². The van der Waals surface area contributed by atoms with Gasteiger partial charge in [0, 0.05) is 11.7 Å². The summed E-state index contributed by atoms with van der Waals surface area (Å²) in [7, 11) is 0. The summed E-state index contributed by atoms with van der Waals surface area (Å²) < 4.78 is 5.60. The summed E-state index contributed by atoms with van der Waals surface area (Å²) in [6.45, 7) is -0.250. The first kappa shape index (κ1) is 22.8. The summed E-state index contributed by atoms with van der Waals surface area (Å²) in [6.07, 6.45) is 6.66. The molecule has 1 aliphatic carbocycles. The number of nitrogens with one attached hydrogen (secondary N) is 2. The highest BCUT2D eigenvalue weighted by atomic mass is 32.1. The van der Waals surface area contributed by atoms with Crippen molar-refractivity contribution in [2.45, 2.75) is 44.2 Å². The molecule has 7 nitrogen and oxygen atoms in total. The zero-order valence-corrected chi connectivity index (χ0v) is 19.1. The smallest absolute Gasteiger partial charge is 0.261 e. The molecule has 0 saturated heterocycles. The zero-order valence-electron chi connectivity index (χ0n) is 18.2. The number of benzene rings is 1. The van der Waals surface area contributed by atoms with E-state index in [1.54, 1.807) is 53.9 Å². The van der Waals surface area contributed by atoms with Crippen molar-refractivity contribution in [3.63, 3.8) is 0 Å². The van der Waals surface area contributed by atoms with Crippen molar-refractivity contribution in [1.29, 1.82) is 0 Å². The van der Waals surface area contributed by atoms with E-state index in [0.29, 0.717) is 16.3 Å². The van der Waals surface area contributed by atoms with Crippen LogP contribution in [-0.2, 0) is 9.59 Å². The lowest BCUT2D eigenvalue weighted by Crippen LogP contribution is -2.49. The fraction of sp³-hybridized carbons (Fsp3) is 0.320. The molecule has 0 unspecified atom stereocenters. The molecule has 1 aromatic carbocycles. The Labute approximate surface area is 196 Å². The van der Waals surface area contributed by atoms with E-state index in [0.717, 1.165) is 25.7 Å². The molecule has 172 valence electrons. The molecule has 1 aliphatic rings. The highest BCUT2D eigenvalue weighted by Crippen LogP contribution is 2.29. The van der Waals surface area contributed by atoms with Crippen molar-refractivity contribution < 1.29 is 18.8 Å². The predicted octanol–water partition coefficient (Wildman–Crippen LogP) is 4.29. The number of carbonyl (C=O) groups excluding carboxylic acids is 3. The van der Waals surface area contributed by atoms with E-state index in [-0.39, 0.29) is 24.4 Å². The Morgan fingerprint density at radius 3 is 2.45 bits per heavy atom. The van der Waals surface area contributed by atoms with E-state index in [9.17, 15) is 14.4 Å². The van der Waals surface area contributed by atoms with E-state index in [1.807, 2.05) is 6.07 Å². The number of anilines is 1. The molecule has 0 radical (unpaired) electrons. The highest BCUT2D eigenvalue weighted by Gasteiger charge is 2.36. The normalized spacial score (nSPS) is 14.9. The first-order valence-corrected chi connectivity index (χ1v) is 12.0. The molecule has 4 rings (SSSR count). The van der Waals surface area contributed by atoms with Gasteiger partial charge in [0.15, 0.2) is 6.04 Å². The molecule has 2 aromatic heterocycles. The fourth-order valence-corrected chi connectivity index (χ4v) is 4.75. The van der Waals surface area contributed by atoms with Crippen LogP contribution in [0.2, 0.25) is 0 Å². The number of rotatable bonds is 8. The van der Waals surface area contributed by atoms with Gasteiger partial charge >= 0.3 is 0 Å². The number of hydrogen-bond acceptors (Lipinski definition) is 5. The average molecular weight is 466 g/mol. The second-order valence-corrected chi connectivity index (χ2v) is 8.97. The SMILES string of the molecule is O=C(NCC(=O)N(c1ccccc1)[C@H](C(=O)NC1CCCCC1)c1ccco1)c1cccs1. The van der Waals surface area contributed by atoms with Gasteiger partial charge in [0.1, 0.15) is 5.76 Å². The second-order valence-electron chi connectivity index (χ2n) is 8.02. The Hall–Kier alpha value is -3.39. The van der Waals surface area contributed by atoms with Crippen LogP contribution in [0.4, 0.5) is 5.69 Å².